The molecule has 0 amide bonds. The van der Waals surface area contributed by atoms with E-state index in [1.54, 1.807) is 0 Å². The average molecular weight is 769 g/mol. The van der Waals surface area contributed by atoms with Crippen LogP contribution >= 0.6 is 0 Å². The van der Waals surface area contributed by atoms with Gasteiger partial charge in [-0.15, -0.1) is 0 Å². The zero-order valence-corrected chi connectivity index (χ0v) is 36.3. The maximum Gasteiger partial charge on any atom is 0.494 e. The second-order valence-corrected chi connectivity index (χ2v) is 19.0. The van der Waals surface area contributed by atoms with Gasteiger partial charge in [0.1, 0.15) is 0 Å². The highest BCUT2D eigenvalue weighted by molar-refractivity contribution is 6.62. The van der Waals surface area contributed by atoms with Gasteiger partial charge in [-0.05, 0) is 124 Å². The molecule has 0 aromatic heterocycles. The van der Waals surface area contributed by atoms with Crippen molar-refractivity contribution in [2.24, 2.45) is 11.5 Å². The summed E-state index contributed by atoms with van der Waals surface area (Å²) in [5.74, 6) is 0. The summed E-state index contributed by atoms with van der Waals surface area (Å²) in [6.07, 6.45) is 8.93. The smallest absolute Gasteiger partial charge is 0.399 e. The maximum absolute atomic E-state index is 6.82. The van der Waals surface area contributed by atoms with Gasteiger partial charge in [-0.2, -0.15) is 0 Å². The van der Waals surface area contributed by atoms with Crippen molar-refractivity contribution in [3.63, 3.8) is 0 Å². The van der Waals surface area contributed by atoms with Crippen molar-refractivity contribution >= 4 is 25.2 Å². The SMILES string of the molecule is CCCCCC(N)c1ccc(C2(c3ccc(C(N)CCCCC)cc3)c3cc(B4OC(C)(C)C(C)(C)O4)ccc3-c3ccc(B4OC(C)(C)C(C)(C)O4)cc32)cc1. The van der Waals surface area contributed by atoms with Crippen LogP contribution in [0, 0.1) is 0 Å². The van der Waals surface area contributed by atoms with Crippen LogP contribution in [0.25, 0.3) is 11.1 Å². The molecule has 6 nitrogen and oxygen atoms in total. The normalized spacial score (nSPS) is 20.7. The molecular weight excluding hydrogens is 702 g/mol. The van der Waals surface area contributed by atoms with E-state index in [1.165, 1.54) is 59.1 Å². The van der Waals surface area contributed by atoms with Crippen LogP contribution in [0.2, 0.25) is 0 Å². The Balaban J connectivity index is 1.44. The Kier molecular flexibility index (Phi) is 11.6. The van der Waals surface area contributed by atoms with Crippen LogP contribution in [-0.4, -0.2) is 36.6 Å². The summed E-state index contributed by atoms with van der Waals surface area (Å²) in [5, 5.41) is 0. The van der Waals surface area contributed by atoms with Gasteiger partial charge >= 0.3 is 14.2 Å². The summed E-state index contributed by atoms with van der Waals surface area (Å²) in [5.41, 5.74) is 22.5. The molecule has 2 atom stereocenters. The highest BCUT2D eigenvalue weighted by atomic mass is 16.7. The van der Waals surface area contributed by atoms with Gasteiger partial charge in [0, 0.05) is 12.1 Å². The molecule has 4 N–H and O–H groups in total. The third-order valence-corrected chi connectivity index (χ3v) is 14.0. The Morgan fingerprint density at radius 3 is 1.12 bits per heavy atom. The number of rotatable bonds is 14. The van der Waals surface area contributed by atoms with Crippen LogP contribution in [-0.2, 0) is 24.0 Å². The maximum atomic E-state index is 6.82. The topological polar surface area (TPSA) is 89.0 Å². The van der Waals surface area contributed by atoms with E-state index >= 15 is 0 Å². The fourth-order valence-corrected chi connectivity index (χ4v) is 8.92. The van der Waals surface area contributed by atoms with Gasteiger partial charge in [-0.1, -0.05) is 137 Å². The number of fused-ring (bicyclic) bond motifs is 3. The van der Waals surface area contributed by atoms with E-state index in [2.05, 4.69) is 154 Å². The average Bonchev–Trinajstić information content (AvgIpc) is 3.69. The first-order chi connectivity index (χ1) is 27.0. The van der Waals surface area contributed by atoms with Gasteiger partial charge in [0.2, 0.25) is 0 Å². The van der Waals surface area contributed by atoms with Crippen molar-refractivity contribution in [3.05, 3.63) is 118 Å². The summed E-state index contributed by atoms with van der Waals surface area (Å²) in [6.45, 7) is 21.4. The lowest BCUT2D eigenvalue weighted by Gasteiger charge is -2.35. The summed E-state index contributed by atoms with van der Waals surface area (Å²) < 4.78 is 26.7. The minimum atomic E-state index is -0.695. The number of unbranched alkanes of at least 4 members (excludes halogenated alkanes) is 4. The van der Waals surface area contributed by atoms with Crippen LogP contribution in [0.3, 0.4) is 0 Å². The van der Waals surface area contributed by atoms with Crippen molar-refractivity contribution in [2.75, 3.05) is 0 Å². The molecule has 2 aliphatic heterocycles. The molecule has 0 saturated carbocycles. The van der Waals surface area contributed by atoms with Crippen molar-refractivity contribution in [1.29, 1.82) is 0 Å². The van der Waals surface area contributed by atoms with Crippen LogP contribution < -0.4 is 22.4 Å². The van der Waals surface area contributed by atoms with E-state index in [-0.39, 0.29) is 12.1 Å². The largest absolute Gasteiger partial charge is 0.494 e. The number of benzene rings is 4. The van der Waals surface area contributed by atoms with Crippen LogP contribution in [0.15, 0.2) is 84.9 Å². The molecule has 2 unspecified atom stereocenters. The first-order valence-electron chi connectivity index (χ1n) is 21.7. The Morgan fingerprint density at radius 1 is 0.474 bits per heavy atom. The summed E-state index contributed by atoms with van der Waals surface area (Å²) in [7, 11) is -1.01. The van der Waals surface area contributed by atoms with Crippen LogP contribution in [0.5, 0.6) is 0 Å². The van der Waals surface area contributed by atoms with Gasteiger partial charge in [0.05, 0.1) is 27.8 Å². The molecule has 0 bridgehead atoms. The highest BCUT2D eigenvalue weighted by Crippen LogP contribution is 2.56. The third kappa shape index (κ3) is 7.49. The second-order valence-electron chi connectivity index (χ2n) is 19.0. The predicted molar refractivity (Wildman–Crippen MR) is 237 cm³/mol. The lowest BCUT2D eigenvalue weighted by Crippen LogP contribution is -2.41. The summed E-state index contributed by atoms with van der Waals surface area (Å²) in [6, 6.07) is 31.8. The molecule has 4 aromatic rings. The zero-order chi connectivity index (χ0) is 41.0. The second kappa shape index (κ2) is 15.7. The molecule has 0 spiro atoms. The first kappa shape index (κ1) is 41.9. The van der Waals surface area contributed by atoms with E-state index < -0.39 is 42.1 Å². The van der Waals surface area contributed by atoms with E-state index in [1.807, 2.05) is 0 Å². The summed E-state index contributed by atoms with van der Waals surface area (Å²) in [4.78, 5) is 0. The molecule has 1 aliphatic carbocycles. The standard InChI is InChI=1S/C49H66B2N2O4/c1-11-13-15-17-43(52)33-19-23-35(24-20-33)49(36-25-21-34(22-26-36)44(53)18-16-14-12-2)41-31-37(50-54-45(3,4)46(5,6)55-50)27-29-39(41)40-30-28-38(32-42(40)49)51-56-47(7,8)48(9,10)57-51/h19-32,43-44H,11-18,52-53H2,1-10H3. The minimum absolute atomic E-state index is 0.0110. The molecule has 302 valence electrons. The van der Waals surface area contributed by atoms with Crippen molar-refractivity contribution < 1.29 is 18.6 Å². The fraction of sp³-hybridized carbons (Fsp3) is 0.510. The number of hydrogen-bond acceptors (Lipinski definition) is 6. The number of nitrogens with two attached hydrogens (primary N) is 2. The number of hydrogen-bond donors (Lipinski definition) is 2. The van der Waals surface area contributed by atoms with Gasteiger partial charge in [-0.25, -0.2) is 0 Å². The zero-order valence-electron chi connectivity index (χ0n) is 36.3. The van der Waals surface area contributed by atoms with Crippen LogP contribution in [0.1, 0.15) is 166 Å². The van der Waals surface area contributed by atoms with Crippen LogP contribution in [0.4, 0.5) is 0 Å². The Labute approximate surface area is 344 Å². The van der Waals surface area contributed by atoms with E-state index in [4.69, 9.17) is 30.1 Å². The lowest BCUT2D eigenvalue weighted by molar-refractivity contribution is 0.00578. The Morgan fingerprint density at radius 2 is 0.807 bits per heavy atom. The monoisotopic (exact) mass is 769 g/mol. The van der Waals surface area contributed by atoms with Gasteiger partial charge in [-0.3, -0.25) is 0 Å². The van der Waals surface area contributed by atoms with Crippen molar-refractivity contribution in [2.45, 2.75) is 161 Å². The molecule has 0 radical (unpaired) electrons. The quantitative estimate of drug-likeness (QED) is 0.0864. The lowest BCUT2D eigenvalue weighted by atomic mass is 9.64. The third-order valence-electron chi connectivity index (χ3n) is 14.0. The van der Waals surface area contributed by atoms with Crippen molar-refractivity contribution in [3.8, 4) is 11.1 Å². The minimum Gasteiger partial charge on any atom is -0.399 e. The van der Waals surface area contributed by atoms with Gasteiger partial charge in [0.25, 0.3) is 0 Å². The molecule has 8 heteroatoms. The van der Waals surface area contributed by atoms with E-state index in [0.717, 1.165) is 47.7 Å². The van der Waals surface area contributed by atoms with Gasteiger partial charge in [0.15, 0.2) is 0 Å². The van der Waals surface area contributed by atoms with Gasteiger partial charge < -0.3 is 30.1 Å². The van der Waals surface area contributed by atoms with Crippen molar-refractivity contribution in [1.82, 2.24) is 0 Å². The molecule has 2 heterocycles. The highest BCUT2D eigenvalue weighted by Gasteiger charge is 2.55. The first-order valence-corrected chi connectivity index (χ1v) is 21.7. The molecule has 57 heavy (non-hydrogen) atoms. The molecular formula is C49H66B2N2O4. The Bertz CT molecular complexity index is 1860. The Hall–Kier alpha value is -3.23. The molecule has 7 rings (SSSR count). The van der Waals surface area contributed by atoms with E-state index in [0.29, 0.717) is 0 Å². The fourth-order valence-electron chi connectivity index (χ4n) is 8.92. The summed E-state index contributed by atoms with van der Waals surface area (Å²) >= 11 is 0. The molecule has 2 saturated heterocycles. The molecule has 3 aliphatic rings. The van der Waals surface area contributed by atoms with E-state index in [9.17, 15) is 0 Å². The predicted octanol–water partition coefficient (Wildman–Crippen LogP) is 9.81. The molecule has 2 fully saturated rings. The molecule has 4 aromatic carbocycles.